The number of hydrogen-bond donors (Lipinski definition) is 1. The summed E-state index contributed by atoms with van der Waals surface area (Å²) < 4.78 is 0. The van der Waals surface area contributed by atoms with Crippen LogP contribution >= 0.6 is 0 Å². The normalized spacial score (nSPS) is 16.7. The molecule has 0 radical (unpaired) electrons. The Morgan fingerprint density at radius 2 is 1.82 bits per heavy atom. The van der Waals surface area contributed by atoms with E-state index in [9.17, 15) is 9.59 Å². The van der Waals surface area contributed by atoms with Crippen LogP contribution in [0.2, 0.25) is 0 Å². The first kappa shape index (κ1) is 7.47. The Morgan fingerprint density at radius 3 is 2.18 bits per heavy atom. The first-order valence-electron chi connectivity index (χ1n) is 3.05. The van der Waals surface area contributed by atoms with Gasteiger partial charge in [0.25, 0.3) is 11.7 Å². The highest BCUT2D eigenvalue weighted by atomic mass is 16.2. The van der Waals surface area contributed by atoms with Gasteiger partial charge in [-0.1, -0.05) is 19.2 Å². The molecule has 0 aromatic carbocycles. The lowest BCUT2D eigenvalue weighted by atomic mass is 10.2. The van der Waals surface area contributed by atoms with Crippen molar-refractivity contribution in [3.63, 3.8) is 0 Å². The molecule has 1 aliphatic heterocycles. The average Bonchev–Trinajstić information content (AvgIpc) is 2.28. The minimum atomic E-state index is -0.616. The quantitative estimate of drug-likeness (QED) is 0.574. The van der Waals surface area contributed by atoms with Gasteiger partial charge in [0, 0.05) is 0 Å². The van der Waals surface area contributed by atoms with Crippen molar-refractivity contribution in [1.82, 2.24) is 5.32 Å². The number of carbonyl (C=O) groups excluding carboxylic acids is 2. The predicted octanol–water partition coefficient (Wildman–Crippen LogP) is 0.311. The van der Waals surface area contributed by atoms with Crippen molar-refractivity contribution in [2.45, 2.75) is 0 Å². The lowest BCUT2D eigenvalue weighted by Crippen LogP contribution is -2.20. The lowest BCUT2D eigenvalue weighted by molar-refractivity contribution is -0.134. The van der Waals surface area contributed by atoms with Gasteiger partial charge in [0.1, 0.15) is 0 Å². The summed E-state index contributed by atoms with van der Waals surface area (Å²) in [7, 11) is 0. The molecule has 1 N–H and O–H groups in total. The fourth-order valence-electron chi connectivity index (χ4n) is 0.855. The molecule has 1 aliphatic rings. The summed E-state index contributed by atoms with van der Waals surface area (Å²) in [6.45, 7) is 6.84. The third-order valence-corrected chi connectivity index (χ3v) is 1.40. The number of nitrogens with one attached hydrogen (secondary N) is 1. The smallest absolute Gasteiger partial charge is 0.296 e. The average molecular weight is 149 g/mol. The molecule has 0 unspecified atom stereocenters. The molecule has 0 aromatic heterocycles. The molecule has 11 heavy (non-hydrogen) atoms. The second-order valence-corrected chi connectivity index (χ2v) is 2.02. The highest BCUT2D eigenvalue weighted by Crippen LogP contribution is 2.12. The van der Waals surface area contributed by atoms with E-state index in [2.05, 4.69) is 18.5 Å². The van der Waals surface area contributed by atoms with Crippen LogP contribution in [-0.2, 0) is 9.59 Å². The second kappa shape index (κ2) is 2.54. The van der Waals surface area contributed by atoms with E-state index in [1.165, 1.54) is 12.2 Å². The maximum Gasteiger partial charge on any atom is 0.296 e. The van der Waals surface area contributed by atoms with Crippen molar-refractivity contribution in [2.75, 3.05) is 0 Å². The Labute approximate surface area is 64.1 Å². The summed E-state index contributed by atoms with van der Waals surface area (Å²) in [4.78, 5) is 21.6. The third-order valence-electron chi connectivity index (χ3n) is 1.40. The topological polar surface area (TPSA) is 46.2 Å². The summed E-state index contributed by atoms with van der Waals surface area (Å²) in [5, 5.41) is 2.36. The van der Waals surface area contributed by atoms with E-state index in [0.717, 1.165) is 0 Å². The zero-order valence-corrected chi connectivity index (χ0v) is 5.89. The first-order valence-corrected chi connectivity index (χ1v) is 3.05. The largest absolute Gasteiger partial charge is 0.318 e. The van der Waals surface area contributed by atoms with Gasteiger partial charge in [-0.3, -0.25) is 9.59 Å². The van der Waals surface area contributed by atoms with Gasteiger partial charge in [0.15, 0.2) is 0 Å². The Bertz CT molecular complexity index is 286. The van der Waals surface area contributed by atoms with Crippen LogP contribution in [0.3, 0.4) is 0 Å². The van der Waals surface area contributed by atoms with Gasteiger partial charge < -0.3 is 5.32 Å². The van der Waals surface area contributed by atoms with Crippen molar-refractivity contribution < 1.29 is 9.59 Å². The number of carbonyl (C=O) groups is 2. The Hall–Kier alpha value is -1.64. The minimum absolute atomic E-state index is 0.296. The number of Topliss-reactive ketones (excluding diaryl/α,β-unsaturated/α-hetero) is 1. The van der Waals surface area contributed by atoms with E-state index in [0.29, 0.717) is 11.3 Å². The molecule has 1 heterocycles. The maximum absolute atomic E-state index is 10.9. The zero-order valence-electron chi connectivity index (χ0n) is 5.89. The molecule has 3 nitrogen and oxygen atoms in total. The van der Waals surface area contributed by atoms with Gasteiger partial charge >= 0.3 is 0 Å². The molecule has 3 heteroatoms. The van der Waals surface area contributed by atoms with Crippen molar-refractivity contribution in [3.8, 4) is 0 Å². The van der Waals surface area contributed by atoms with Crippen molar-refractivity contribution in [3.05, 3.63) is 36.6 Å². The van der Waals surface area contributed by atoms with Crippen molar-refractivity contribution in [1.29, 1.82) is 0 Å². The molecule has 0 saturated heterocycles. The Kier molecular flexibility index (Phi) is 1.72. The van der Waals surface area contributed by atoms with Crippen LogP contribution in [0.1, 0.15) is 0 Å². The van der Waals surface area contributed by atoms with Gasteiger partial charge in [0.2, 0.25) is 0 Å². The Morgan fingerprint density at radius 1 is 1.18 bits per heavy atom. The molecule has 1 rings (SSSR count). The maximum atomic E-state index is 10.9. The van der Waals surface area contributed by atoms with E-state index in [1.807, 2.05) is 0 Å². The van der Waals surface area contributed by atoms with Gasteiger partial charge in [-0.15, -0.1) is 0 Å². The van der Waals surface area contributed by atoms with E-state index < -0.39 is 11.7 Å². The molecule has 0 fully saturated rings. The highest BCUT2D eigenvalue weighted by Gasteiger charge is 2.26. The predicted molar refractivity (Wildman–Crippen MR) is 40.6 cm³/mol. The number of rotatable bonds is 2. The molecule has 0 aliphatic carbocycles. The van der Waals surface area contributed by atoms with E-state index in [-0.39, 0.29) is 0 Å². The van der Waals surface area contributed by atoms with Crippen LogP contribution in [0.25, 0.3) is 0 Å². The molecule has 0 spiro atoms. The monoisotopic (exact) mass is 149 g/mol. The zero-order chi connectivity index (χ0) is 8.43. The highest BCUT2D eigenvalue weighted by molar-refractivity contribution is 6.46. The van der Waals surface area contributed by atoms with Gasteiger partial charge in [0.05, 0.1) is 11.3 Å². The van der Waals surface area contributed by atoms with Gasteiger partial charge in [-0.05, 0) is 6.08 Å². The summed E-state index contributed by atoms with van der Waals surface area (Å²) >= 11 is 0. The van der Waals surface area contributed by atoms with Crippen molar-refractivity contribution >= 4 is 11.7 Å². The number of allylic oxidation sites excluding steroid dienone is 2. The molecular weight excluding hydrogens is 142 g/mol. The van der Waals surface area contributed by atoms with Crippen LogP contribution in [0.4, 0.5) is 0 Å². The minimum Gasteiger partial charge on any atom is -0.318 e. The van der Waals surface area contributed by atoms with Crippen LogP contribution in [0, 0.1) is 0 Å². The van der Waals surface area contributed by atoms with E-state index in [1.54, 1.807) is 0 Å². The van der Waals surface area contributed by atoms with Crippen LogP contribution in [-0.4, -0.2) is 11.7 Å². The summed E-state index contributed by atoms with van der Waals surface area (Å²) in [5.41, 5.74) is 0.736. The molecular formula is C8H7NO2. The fraction of sp³-hybridized carbons (Fsp3) is 0. The molecule has 56 valence electrons. The molecule has 0 aromatic rings. The third kappa shape index (κ3) is 1.00. The molecule has 1 amide bonds. The molecule has 0 atom stereocenters. The SMILES string of the molecule is C=CC1=C(C=C)C(=O)C(=O)N1. The standard InChI is InChI=1S/C8H7NO2/c1-3-5-6(4-2)9-8(11)7(5)10/h3-4H,1-2H2,(H,9,10,11). The summed E-state index contributed by atoms with van der Waals surface area (Å²) in [6, 6.07) is 0. The van der Waals surface area contributed by atoms with E-state index >= 15 is 0 Å². The first-order chi connectivity index (χ1) is 5.20. The number of ketones is 1. The summed E-state index contributed by atoms with van der Waals surface area (Å²) in [5.74, 6) is -1.16. The lowest BCUT2D eigenvalue weighted by Gasteiger charge is -1.90. The Balaban J connectivity index is 3.14. The van der Waals surface area contributed by atoms with Crippen molar-refractivity contribution in [2.24, 2.45) is 0 Å². The van der Waals surface area contributed by atoms with Crippen LogP contribution < -0.4 is 5.32 Å². The number of hydrogen-bond acceptors (Lipinski definition) is 2. The number of amides is 1. The second-order valence-electron chi connectivity index (χ2n) is 2.02. The van der Waals surface area contributed by atoms with Crippen LogP contribution in [0.15, 0.2) is 36.6 Å². The van der Waals surface area contributed by atoms with Gasteiger partial charge in [-0.25, -0.2) is 0 Å². The fourth-order valence-corrected chi connectivity index (χ4v) is 0.855. The molecule has 0 saturated carbocycles. The molecule has 0 bridgehead atoms. The summed E-state index contributed by atoms with van der Waals surface area (Å²) in [6.07, 6.45) is 2.76. The van der Waals surface area contributed by atoms with Gasteiger partial charge in [-0.2, -0.15) is 0 Å². The van der Waals surface area contributed by atoms with E-state index in [4.69, 9.17) is 0 Å². The van der Waals surface area contributed by atoms with Crippen LogP contribution in [0.5, 0.6) is 0 Å².